The molecule has 2 unspecified atom stereocenters. The van der Waals surface area contributed by atoms with Crippen LogP contribution in [0.4, 0.5) is 25.1 Å². The van der Waals surface area contributed by atoms with Crippen LogP contribution < -0.4 is 10.2 Å². The largest absolute Gasteiger partial charge is 0.408 e. The van der Waals surface area contributed by atoms with Crippen molar-refractivity contribution in [1.82, 2.24) is 25.0 Å². The second kappa shape index (κ2) is 8.28. The molecule has 0 radical (unpaired) electrons. The fraction of sp³-hybridized carbons (Fsp3) is 0.565. The number of aromatic nitrogens is 5. The van der Waals surface area contributed by atoms with E-state index in [0.717, 1.165) is 44.8 Å². The van der Waals surface area contributed by atoms with Gasteiger partial charge in [-0.1, -0.05) is 17.6 Å². The average Bonchev–Trinajstić information content (AvgIpc) is 3.45. The number of benzene rings is 1. The van der Waals surface area contributed by atoms with E-state index >= 15 is 0 Å². The zero-order chi connectivity index (χ0) is 23.4. The Hall–Kier alpha value is -3.11. The molecule has 3 aliphatic rings. The molecule has 2 bridgehead atoms. The maximum absolute atomic E-state index is 14.6. The standard InChI is InChI=1S/C23H26F3N7O/c1-12-29-30-23(34-12)32-10-13-5-6-14(11-32)20(13)27-22-28-21-16(4-2-3-9-33(21)31-22)15-7-8-17(24)19(26)18(15)25/h7-8,13-14,16,20H,2-6,9-11H2,1H3,(H,27,31)/t13-,14+,16?,20?. The Morgan fingerprint density at radius 2 is 1.79 bits per heavy atom. The lowest BCUT2D eigenvalue weighted by atomic mass is 9.92. The van der Waals surface area contributed by atoms with Gasteiger partial charge in [-0.3, -0.25) is 0 Å². The molecular formula is C23H26F3N7O. The lowest BCUT2D eigenvalue weighted by Gasteiger charge is -2.37. The molecule has 1 saturated heterocycles. The Morgan fingerprint density at radius 3 is 2.53 bits per heavy atom. The molecule has 0 amide bonds. The molecule has 34 heavy (non-hydrogen) atoms. The molecule has 2 aromatic heterocycles. The van der Waals surface area contributed by atoms with Gasteiger partial charge in [0, 0.05) is 44.1 Å². The van der Waals surface area contributed by atoms with Crippen LogP contribution >= 0.6 is 0 Å². The van der Waals surface area contributed by atoms with Gasteiger partial charge in [0.2, 0.25) is 11.8 Å². The molecule has 6 rings (SSSR count). The van der Waals surface area contributed by atoms with Crippen LogP contribution in [0, 0.1) is 36.2 Å². The van der Waals surface area contributed by atoms with Gasteiger partial charge in [0.25, 0.3) is 0 Å². The Kier molecular flexibility index (Phi) is 5.22. The van der Waals surface area contributed by atoms with Crippen molar-refractivity contribution in [2.24, 2.45) is 11.8 Å². The molecular weight excluding hydrogens is 447 g/mol. The molecule has 2 aliphatic heterocycles. The van der Waals surface area contributed by atoms with Gasteiger partial charge in [-0.2, -0.15) is 4.98 Å². The van der Waals surface area contributed by atoms with Gasteiger partial charge in [-0.15, -0.1) is 10.2 Å². The lowest BCUT2D eigenvalue weighted by molar-refractivity contribution is 0.356. The van der Waals surface area contributed by atoms with Gasteiger partial charge in [0.05, 0.1) is 0 Å². The number of nitrogens with zero attached hydrogens (tertiary/aromatic N) is 6. The molecule has 1 aliphatic carbocycles. The molecule has 3 aromatic rings. The molecule has 1 N–H and O–H groups in total. The minimum atomic E-state index is -1.44. The summed E-state index contributed by atoms with van der Waals surface area (Å²) in [6.07, 6.45) is 4.47. The highest BCUT2D eigenvalue weighted by Crippen LogP contribution is 2.40. The Morgan fingerprint density at radius 1 is 1.00 bits per heavy atom. The number of nitrogens with one attached hydrogen (secondary N) is 1. The average molecular weight is 474 g/mol. The molecule has 0 spiro atoms. The van der Waals surface area contributed by atoms with Gasteiger partial charge < -0.3 is 14.6 Å². The first kappa shape index (κ1) is 21.4. The number of halogens is 3. The quantitative estimate of drug-likeness (QED) is 0.573. The van der Waals surface area contributed by atoms with Crippen molar-refractivity contribution in [3.05, 3.63) is 46.9 Å². The molecule has 11 heteroatoms. The predicted molar refractivity (Wildman–Crippen MR) is 117 cm³/mol. The summed E-state index contributed by atoms with van der Waals surface area (Å²) in [4.78, 5) is 6.89. The van der Waals surface area contributed by atoms with Crippen molar-refractivity contribution in [3.8, 4) is 0 Å². The third-order valence-electron chi connectivity index (χ3n) is 7.48. The zero-order valence-electron chi connectivity index (χ0n) is 18.8. The second-order valence-corrected chi connectivity index (χ2v) is 9.61. The first-order valence-corrected chi connectivity index (χ1v) is 11.9. The van der Waals surface area contributed by atoms with E-state index in [1.807, 2.05) is 0 Å². The normalized spacial score (nSPS) is 26.4. The smallest absolute Gasteiger partial charge is 0.318 e. The number of fused-ring (bicyclic) bond motifs is 3. The third-order valence-corrected chi connectivity index (χ3v) is 7.48. The van der Waals surface area contributed by atoms with E-state index in [4.69, 9.17) is 9.40 Å². The van der Waals surface area contributed by atoms with Crippen LogP contribution in [-0.4, -0.2) is 44.1 Å². The van der Waals surface area contributed by atoms with Crippen LogP contribution in [0.3, 0.4) is 0 Å². The summed E-state index contributed by atoms with van der Waals surface area (Å²) in [5, 5.41) is 16.3. The van der Waals surface area contributed by atoms with E-state index < -0.39 is 23.4 Å². The number of hydrogen-bond donors (Lipinski definition) is 1. The van der Waals surface area contributed by atoms with Crippen molar-refractivity contribution in [3.63, 3.8) is 0 Å². The van der Waals surface area contributed by atoms with E-state index in [1.165, 1.54) is 6.07 Å². The Labute approximate surface area is 194 Å². The Bertz CT molecular complexity index is 1200. The highest BCUT2D eigenvalue weighted by molar-refractivity contribution is 5.36. The topological polar surface area (TPSA) is 84.9 Å². The second-order valence-electron chi connectivity index (χ2n) is 9.61. The third kappa shape index (κ3) is 3.61. The summed E-state index contributed by atoms with van der Waals surface area (Å²) < 4.78 is 49.5. The number of rotatable bonds is 4. The van der Waals surface area contributed by atoms with Crippen LogP contribution in [-0.2, 0) is 6.54 Å². The Balaban J connectivity index is 1.24. The minimum Gasteiger partial charge on any atom is -0.408 e. The first-order valence-electron chi connectivity index (χ1n) is 11.9. The van der Waals surface area contributed by atoms with Crippen LogP contribution in [0.15, 0.2) is 16.5 Å². The van der Waals surface area contributed by atoms with Gasteiger partial charge in [-0.05, 0) is 43.6 Å². The van der Waals surface area contributed by atoms with Gasteiger partial charge >= 0.3 is 6.01 Å². The summed E-state index contributed by atoms with van der Waals surface area (Å²) in [5.41, 5.74) is 0.129. The van der Waals surface area contributed by atoms with Crippen LogP contribution in [0.1, 0.15) is 55.3 Å². The fourth-order valence-electron chi connectivity index (χ4n) is 5.86. The fourth-order valence-corrected chi connectivity index (χ4v) is 5.86. The highest BCUT2D eigenvalue weighted by Gasteiger charge is 2.44. The number of anilines is 2. The summed E-state index contributed by atoms with van der Waals surface area (Å²) in [5.74, 6) is -1.81. The zero-order valence-corrected chi connectivity index (χ0v) is 18.8. The van der Waals surface area contributed by atoms with Crippen molar-refractivity contribution in [2.75, 3.05) is 23.3 Å². The molecule has 4 heterocycles. The summed E-state index contributed by atoms with van der Waals surface area (Å²) in [7, 11) is 0. The van der Waals surface area contributed by atoms with Gasteiger partial charge in [-0.25, -0.2) is 17.9 Å². The summed E-state index contributed by atoms with van der Waals surface area (Å²) >= 11 is 0. The predicted octanol–water partition coefficient (Wildman–Crippen LogP) is 4.03. The van der Waals surface area contributed by atoms with E-state index in [-0.39, 0.29) is 11.6 Å². The molecule has 4 atom stereocenters. The van der Waals surface area contributed by atoms with Gasteiger partial charge in [0.1, 0.15) is 5.82 Å². The van der Waals surface area contributed by atoms with E-state index in [1.54, 1.807) is 11.6 Å². The SMILES string of the molecule is Cc1nnc(N2C[C@H]3CC[C@@H](C2)C3Nc2nc3n(n2)CCCCC3c2ccc(F)c(F)c2F)o1. The molecule has 1 aromatic carbocycles. The van der Waals surface area contributed by atoms with E-state index in [0.29, 0.717) is 48.5 Å². The maximum Gasteiger partial charge on any atom is 0.318 e. The van der Waals surface area contributed by atoms with Crippen molar-refractivity contribution >= 4 is 12.0 Å². The van der Waals surface area contributed by atoms with E-state index in [2.05, 4.69) is 25.5 Å². The monoisotopic (exact) mass is 473 g/mol. The van der Waals surface area contributed by atoms with Gasteiger partial charge in [0.15, 0.2) is 17.5 Å². The summed E-state index contributed by atoms with van der Waals surface area (Å²) in [6, 6.07) is 3.08. The first-order chi connectivity index (χ1) is 16.5. The minimum absolute atomic E-state index is 0.129. The van der Waals surface area contributed by atoms with Crippen LogP contribution in [0.25, 0.3) is 0 Å². The van der Waals surface area contributed by atoms with Crippen LogP contribution in [0.2, 0.25) is 0 Å². The van der Waals surface area contributed by atoms with Crippen molar-refractivity contribution in [1.29, 1.82) is 0 Å². The van der Waals surface area contributed by atoms with Crippen molar-refractivity contribution in [2.45, 2.75) is 57.5 Å². The highest BCUT2D eigenvalue weighted by atomic mass is 19.2. The van der Waals surface area contributed by atoms with Crippen LogP contribution in [0.5, 0.6) is 0 Å². The number of piperidine rings is 1. The molecule has 8 nitrogen and oxygen atoms in total. The van der Waals surface area contributed by atoms with E-state index in [9.17, 15) is 13.2 Å². The van der Waals surface area contributed by atoms with Crippen molar-refractivity contribution < 1.29 is 17.6 Å². The molecule has 1 saturated carbocycles. The lowest BCUT2D eigenvalue weighted by Crippen LogP contribution is -2.48. The molecule has 180 valence electrons. The summed E-state index contributed by atoms with van der Waals surface area (Å²) in [6.45, 7) is 4.07. The number of hydrogen-bond acceptors (Lipinski definition) is 7. The maximum atomic E-state index is 14.6. The number of aryl methyl sites for hydroxylation is 2. The molecule has 2 fully saturated rings.